The van der Waals surface area contributed by atoms with E-state index in [4.69, 9.17) is 4.99 Å². The Labute approximate surface area is 170 Å². The molecule has 0 N–H and O–H groups in total. The lowest BCUT2D eigenvalue weighted by atomic mass is 9.81. The highest BCUT2D eigenvalue weighted by molar-refractivity contribution is 6.11. The molecule has 4 aromatic carbocycles. The van der Waals surface area contributed by atoms with Crippen molar-refractivity contribution in [3.05, 3.63) is 125 Å². The maximum absolute atomic E-state index is 9.43. The first-order chi connectivity index (χ1) is 14.3. The summed E-state index contributed by atoms with van der Waals surface area (Å²) in [6.45, 7) is 0. The molecule has 136 valence electrons. The fourth-order valence-corrected chi connectivity index (χ4v) is 4.08. The van der Waals surface area contributed by atoms with Crippen molar-refractivity contribution < 1.29 is 0 Å². The Hall–Kier alpha value is -3.96. The number of hydrogen-bond donors (Lipinski definition) is 0. The summed E-state index contributed by atoms with van der Waals surface area (Å²) >= 11 is 0. The van der Waals surface area contributed by atoms with Crippen LogP contribution in [0.15, 0.2) is 108 Å². The van der Waals surface area contributed by atoms with Gasteiger partial charge in [-0.3, -0.25) is 4.99 Å². The first kappa shape index (κ1) is 17.2. The molecule has 1 aliphatic heterocycles. The van der Waals surface area contributed by atoms with Gasteiger partial charge in [0.15, 0.2) is 0 Å². The van der Waals surface area contributed by atoms with Gasteiger partial charge in [-0.25, -0.2) is 0 Å². The zero-order valence-corrected chi connectivity index (χ0v) is 15.8. The molecule has 29 heavy (non-hydrogen) atoms. The minimum absolute atomic E-state index is 0.00716. The quantitative estimate of drug-likeness (QED) is 0.397. The molecule has 2 heteroatoms. The van der Waals surface area contributed by atoms with Crippen LogP contribution in [0.2, 0.25) is 0 Å². The van der Waals surface area contributed by atoms with Crippen molar-refractivity contribution in [1.29, 1.82) is 5.26 Å². The molecule has 1 aliphatic rings. The van der Waals surface area contributed by atoms with E-state index in [9.17, 15) is 5.26 Å². The van der Waals surface area contributed by atoms with Crippen LogP contribution in [0.25, 0.3) is 11.1 Å². The van der Waals surface area contributed by atoms with Gasteiger partial charge in [0.2, 0.25) is 0 Å². The van der Waals surface area contributed by atoms with Crippen LogP contribution in [-0.2, 0) is 0 Å². The van der Waals surface area contributed by atoms with Gasteiger partial charge in [-0.1, -0.05) is 84.9 Å². The molecule has 5 rings (SSSR count). The van der Waals surface area contributed by atoms with Crippen LogP contribution < -0.4 is 0 Å². The summed E-state index contributed by atoms with van der Waals surface area (Å²) in [5, 5.41) is 9.43. The summed E-state index contributed by atoms with van der Waals surface area (Å²) in [5.74, 6) is 0.00716. The molecule has 2 nitrogen and oxygen atoms in total. The van der Waals surface area contributed by atoms with Crippen molar-refractivity contribution in [3.63, 3.8) is 0 Å². The predicted molar refractivity (Wildman–Crippen MR) is 118 cm³/mol. The minimum Gasteiger partial charge on any atom is -0.251 e. The second kappa shape index (κ2) is 7.22. The molecule has 1 heterocycles. The third-order valence-electron chi connectivity index (χ3n) is 5.40. The Balaban J connectivity index is 1.87. The summed E-state index contributed by atoms with van der Waals surface area (Å²) in [5.41, 5.74) is 8.21. The summed E-state index contributed by atoms with van der Waals surface area (Å²) in [6.07, 6.45) is 0. The summed E-state index contributed by atoms with van der Waals surface area (Å²) in [4.78, 5) is 5.16. The standard InChI is InChI=1S/C27H18N2/c28-18-19-15-16-25-24(17-19)22-13-7-8-14-23(22)26(20-9-3-1-4-10-20)27(29-25)21-11-5-2-6-12-21/h1-17,26H/t26-/m1/s1. The number of benzene rings is 4. The Morgan fingerprint density at radius 2 is 1.38 bits per heavy atom. The van der Waals surface area contributed by atoms with Gasteiger partial charge in [0.1, 0.15) is 0 Å². The Morgan fingerprint density at radius 3 is 2.14 bits per heavy atom. The molecule has 0 saturated carbocycles. The van der Waals surface area contributed by atoms with Crippen molar-refractivity contribution in [2.75, 3.05) is 0 Å². The van der Waals surface area contributed by atoms with Crippen LogP contribution in [0.5, 0.6) is 0 Å². The van der Waals surface area contributed by atoms with Crippen LogP contribution in [0.1, 0.15) is 28.2 Å². The zero-order valence-electron chi connectivity index (χ0n) is 15.8. The summed E-state index contributed by atoms with van der Waals surface area (Å²) in [7, 11) is 0. The number of fused-ring (bicyclic) bond motifs is 3. The van der Waals surface area contributed by atoms with E-state index in [2.05, 4.69) is 78.9 Å². The number of rotatable bonds is 2. The van der Waals surface area contributed by atoms with Gasteiger partial charge in [0, 0.05) is 5.56 Å². The molecule has 0 fully saturated rings. The van der Waals surface area contributed by atoms with Crippen molar-refractivity contribution in [3.8, 4) is 17.2 Å². The molecule has 1 atom stereocenters. The van der Waals surface area contributed by atoms with E-state index in [-0.39, 0.29) is 5.92 Å². The third-order valence-corrected chi connectivity index (χ3v) is 5.40. The van der Waals surface area contributed by atoms with Gasteiger partial charge in [0.05, 0.1) is 28.9 Å². The second-order valence-corrected chi connectivity index (χ2v) is 7.14. The third kappa shape index (κ3) is 3.03. The normalized spacial score (nSPS) is 14.7. The fraction of sp³-hybridized carbons (Fsp3) is 0.0370. The zero-order chi connectivity index (χ0) is 19.6. The lowest BCUT2D eigenvalue weighted by Gasteiger charge is -2.21. The number of nitrogens with zero attached hydrogens (tertiary/aromatic N) is 2. The van der Waals surface area contributed by atoms with Crippen molar-refractivity contribution in [2.24, 2.45) is 4.99 Å². The maximum atomic E-state index is 9.43. The molecule has 0 amide bonds. The molecule has 4 aromatic rings. The number of nitriles is 1. The molecule has 0 aromatic heterocycles. The van der Waals surface area contributed by atoms with Gasteiger partial charge < -0.3 is 0 Å². The molecule has 0 spiro atoms. The highest BCUT2D eigenvalue weighted by Gasteiger charge is 2.28. The maximum Gasteiger partial charge on any atom is 0.0991 e. The van der Waals surface area contributed by atoms with Crippen LogP contribution in [0, 0.1) is 11.3 Å². The first-order valence-electron chi connectivity index (χ1n) is 9.67. The van der Waals surface area contributed by atoms with Crippen molar-refractivity contribution >= 4 is 11.4 Å². The van der Waals surface area contributed by atoms with Crippen LogP contribution in [0.4, 0.5) is 5.69 Å². The summed E-state index contributed by atoms with van der Waals surface area (Å²) in [6, 6.07) is 37.4. The van der Waals surface area contributed by atoms with Crippen molar-refractivity contribution in [2.45, 2.75) is 5.92 Å². The Kier molecular flexibility index (Phi) is 4.27. The second-order valence-electron chi connectivity index (χ2n) is 7.14. The molecule has 0 unspecified atom stereocenters. The van der Waals surface area contributed by atoms with E-state index in [0.717, 1.165) is 28.1 Å². The van der Waals surface area contributed by atoms with E-state index in [0.29, 0.717) is 5.56 Å². The fourth-order valence-electron chi connectivity index (χ4n) is 4.08. The lowest BCUT2D eigenvalue weighted by Crippen LogP contribution is -2.15. The smallest absolute Gasteiger partial charge is 0.0991 e. The van der Waals surface area contributed by atoms with Gasteiger partial charge in [-0.15, -0.1) is 0 Å². The largest absolute Gasteiger partial charge is 0.251 e. The van der Waals surface area contributed by atoms with Gasteiger partial charge in [-0.05, 0) is 40.5 Å². The lowest BCUT2D eigenvalue weighted by molar-refractivity contribution is 1.08. The molecule has 0 saturated heterocycles. The van der Waals surface area contributed by atoms with Gasteiger partial charge in [-0.2, -0.15) is 5.26 Å². The monoisotopic (exact) mass is 370 g/mol. The Bertz CT molecular complexity index is 1250. The molecule has 0 radical (unpaired) electrons. The molecular formula is C27H18N2. The van der Waals surface area contributed by atoms with E-state index in [1.807, 2.05) is 30.3 Å². The Morgan fingerprint density at radius 1 is 0.690 bits per heavy atom. The van der Waals surface area contributed by atoms with Crippen molar-refractivity contribution in [1.82, 2.24) is 0 Å². The van der Waals surface area contributed by atoms with E-state index >= 15 is 0 Å². The highest BCUT2D eigenvalue weighted by atomic mass is 14.8. The van der Waals surface area contributed by atoms with E-state index in [1.165, 1.54) is 11.1 Å². The van der Waals surface area contributed by atoms with Crippen LogP contribution >= 0.6 is 0 Å². The minimum atomic E-state index is 0.00716. The van der Waals surface area contributed by atoms with Gasteiger partial charge >= 0.3 is 0 Å². The van der Waals surface area contributed by atoms with Crippen LogP contribution in [-0.4, -0.2) is 5.71 Å². The topological polar surface area (TPSA) is 36.1 Å². The average molecular weight is 370 g/mol. The SMILES string of the molecule is N#Cc1ccc2c(c1)-c1ccccc1[C@@H](c1ccccc1)C(c1ccccc1)=N2. The van der Waals surface area contributed by atoms with Crippen LogP contribution in [0.3, 0.4) is 0 Å². The predicted octanol–water partition coefficient (Wildman–Crippen LogP) is 6.49. The summed E-state index contributed by atoms with van der Waals surface area (Å²) < 4.78 is 0. The van der Waals surface area contributed by atoms with Gasteiger partial charge in [0.25, 0.3) is 0 Å². The van der Waals surface area contributed by atoms with E-state index in [1.54, 1.807) is 0 Å². The molecule has 0 bridgehead atoms. The number of hydrogen-bond acceptors (Lipinski definition) is 2. The average Bonchev–Trinajstić information content (AvgIpc) is 2.94. The van der Waals surface area contributed by atoms with E-state index < -0.39 is 0 Å². The molecular weight excluding hydrogens is 352 g/mol. The highest BCUT2D eigenvalue weighted by Crippen LogP contribution is 2.43. The first-order valence-corrected chi connectivity index (χ1v) is 9.67. The molecule has 0 aliphatic carbocycles. The number of aliphatic imine (C=N–C) groups is 1.